The van der Waals surface area contributed by atoms with E-state index in [0.717, 1.165) is 18.8 Å². The smallest absolute Gasteiger partial charge is 0.133 e. The average Bonchev–Trinajstić information content (AvgIpc) is 2.02. The number of hydrogen-bond donors (Lipinski definition) is 0. The molecule has 2 fully saturated rings. The molecule has 0 bridgehead atoms. The Morgan fingerprint density at radius 3 is 3.00 bits per heavy atom. The van der Waals surface area contributed by atoms with Crippen LogP contribution in [0.25, 0.3) is 0 Å². The van der Waals surface area contributed by atoms with Gasteiger partial charge >= 0.3 is 0 Å². The van der Waals surface area contributed by atoms with Crippen LogP contribution in [0.4, 0.5) is 0 Å². The second kappa shape index (κ2) is 2.86. The summed E-state index contributed by atoms with van der Waals surface area (Å²) in [4.78, 5) is 11.3. The molecular weight excluding hydrogens is 148 g/mol. The van der Waals surface area contributed by atoms with Crippen LogP contribution in [0.5, 0.6) is 0 Å². The lowest BCUT2D eigenvalue weighted by atomic mass is 9.60. The number of hydrogen-bond acceptors (Lipinski definition) is 1. The number of carbonyl (C=O) groups excluding carboxylic acids is 1. The monoisotopic (exact) mass is 166 g/mol. The van der Waals surface area contributed by atoms with Crippen molar-refractivity contribution in [3.63, 3.8) is 0 Å². The minimum atomic E-state index is 0.396. The standard InChI is InChI=1S/C11H18O/c1-11-7-3-2-4-9(11)5-6-10(12)8-11/h9H,2-8H2,1H3/t9-,11+/m1/s1. The van der Waals surface area contributed by atoms with E-state index in [1.807, 2.05) is 0 Å². The van der Waals surface area contributed by atoms with Crippen molar-refractivity contribution in [1.82, 2.24) is 0 Å². The summed E-state index contributed by atoms with van der Waals surface area (Å²) in [5.41, 5.74) is 0.396. The van der Waals surface area contributed by atoms with Crippen molar-refractivity contribution in [3.8, 4) is 0 Å². The Kier molecular flexibility index (Phi) is 1.97. The molecule has 0 spiro atoms. The van der Waals surface area contributed by atoms with Crippen LogP contribution in [0, 0.1) is 11.3 Å². The van der Waals surface area contributed by atoms with Crippen molar-refractivity contribution in [2.75, 3.05) is 0 Å². The highest BCUT2D eigenvalue weighted by Gasteiger charge is 2.40. The Morgan fingerprint density at radius 1 is 1.33 bits per heavy atom. The first-order valence-electron chi connectivity index (χ1n) is 5.22. The highest BCUT2D eigenvalue weighted by atomic mass is 16.1. The second-order valence-electron chi connectivity index (χ2n) is 4.85. The van der Waals surface area contributed by atoms with Crippen molar-refractivity contribution in [2.24, 2.45) is 11.3 Å². The van der Waals surface area contributed by atoms with E-state index < -0.39 is 0 Å². The number of Topliss-reactive ketones (excluding diaryl/α,β-unsaturated/α-hetero) is 1. The molecule has 2 rings (SSSR count). The van der Waals surface area contributed by atoms with Gasteiger partial charge in [0.15, 0.2) is 0 Å². The summed E-state index contributed by atoms with van der Waals surface area (Å²) in [6.07, 6.45) is 8.33. The predicted octanol–water partition coefficient (Wildman–Crippen LogP) is 2.94. The minimum absolute atomic E-state index is 0.396. The van der Waals surface area contributed by atoms with Gasteiger partial charge in [0.25, 0.3) is 0 Å². The van der Waals surface area contributed by atoms with Crippen LogP contribution in [-0.2, 0) is 4.79 Å². The molecule has 0 aromatic carbocycles. The van der Waals surface area contributed by atoms with E-state index in [2.05, 4.69) is 6.92 Å². The van der Waals surface area contributed by atoms with Crippen molar-refractivity contribution in [3.05, 3.63) is 0 Å². The lowest BCUT2D eigenvalue weighted by Gasteiger charge is -2.44. The molecule has 0 radical (unpaired) electrons. The molecule has 2 saturated carbocycles. The second-order valence-corrected chi connectivity index (χ2v) is 4.85. The molecule has 68 valence electrons. The van der Waals surface area contributed by atoms with Crippen LogP contribution in [0.15, 0.2) is 0 Å². The van der Waals surface area contributed by atoms with Gasteiger partial charge in [-0.25, -0.2) is 0 Å². The maximum Gasteiger partial charge on any atom is 0.133 e. The molecular formula is C11H18O. The van der Waals surface area contributed by atoms with Gasteiger partial charge in [0.1, 0.15) is 5.78 Å². The number of fused-ring (bicyclic) bond motifs is 1. The molecule has 0 N–H and O–H groups in total. The summed E-state index contributed by atoms with van der Waals surface area (Å²) in [6.45, 7) is 2.33. The van der Waals surface area contributed by atoms with Crippen molar-refractivity contribution < 1.29 is 4.79 Å². The first kappa shape index (κ1) is 8.28. The van der Waals surface area contributed by atoms with Gasteiger partial charge in [-0.3, -0.25) is 4.79 Å². The largest absolute Gasteiger partial charge is 0.300 e. The molecule has 0 aromatic heterocycles. The van der Waals surface area contributed by atoms with E-state index in [1.54, 1.807) is 0 Å². The molecule has 0 heterocycles. The van der Waals surface area contributed by atoms with Gasteiger partial charge in [0, 0.05) is 12.8 Å². The van der Waals surface area contributed by atoms with Crippen LogP contribution >= 0.6 is 0 Å². The Labute approximate surface area is 74.5 Å². The topological polar surface area (TPSA) is 17.1 Å². The van der Waals surface area contributed by atoms with E-state index >= 15 is 0 Å². The molecule has 2 aliphatic rings. The van der Waals surface area contributed by atoms with E-state index in [9.17, 15) is 4.79 Å². The number of carbonyl (C=O) groups is 1. The third kappa shape index (κ3) is 1.30. The van der Waals surface area contributed by atoms with Gasteiger partial charge in [-0.1, -0.05) is 19.8 Å². The third-order valence-electron chi connectivity index (χ3n) is 3.91. The lowest BCUT2D eigenvalue weighted by Crippen LogP contribution is -2.37. The Bertz CT molecular complexity index is 197. The van der Waals surface area contributed by atoms with E-state index in [1.165, 1.54) is 32.1 Å². The fraction of sp³-hybridized carbons (Fsp3) is 0.909. The molecule has 1 nitrogen and oxygen atoms in total. The lowest BCUT2D eigenvalue weighted by molar-refractivity contribution is -0.126. The third-order valence-corrected chi connectivity index (χ3v) is 3.91. The predicted molar refractivity (Wildman–Crippen MR) is 48.9 cm³/mol. The maximum absolute atomic E-state index is 11.3. The summed E-state index contributed by atoms with van der Waals surface area (Å²) >= 11 is 0. The van der Waals surface area contributed by atoms with Crippen molar-refractivity contribution in [1.29, 1.82) is 0 Å². The quantitative estimate of drug-likeness (QED) is 0.540. The van der Waals surface area contributed by atoms with Crippen molar-refractivity contribution in [2.45, 2.75) is 51.9 Å². The van der Waals surface area contributed by atoms with Gasteiger partial charge < -0.3 is 0 Å². The van der Waals surface area contributed by atoms with E-state index in [4.69, 9.17) is 0 Å². The average molecular weight is 166 g/mol. The molecule has 2 atom stereocenters. The first-order valence-corrected chi connectivity index (χ1v) is 5.22. The molecule has 0 amide bonds. The molecule has 0 saturated heterocycles. The summed E-state index contributed by atoms with van der Waals surface area (Å²) in [5.74, 6) is 1.37. The van der Waals surface area contributed by atoms with Crippen LogP contribution in [0.2, 0.25) is 0 Å². The van der Waals surface area contributed by atoms with Gasteiger partial charge in [0.05, 0.1) is 0 Å². The zero-order valence-electron chi connectivity index (χ0n) is 7.94. The fourth-order valence-electron chi connectivity index (χ4n) is 3.07. The van der Waals surface area contributed by atoms with Crippen LogP contribution < -0.4 is 0 Å². The van der Waals surface area contributed by atoms with E-state index in [0.29, 0.717) is 11.2 Å². The number of rotatable bonds is 0. The first-order chi connectivity index (χ1) is 5.71. The summed E-state index contributed by atoms with van der Waals surface area (Å²) in [5, 5.41) is 0. The van der Waals surface area contributed by atoms with Crippen molar-refractivity contribution >= 4 is 5.78 Å². The SMILES string of the molecule is C[C@@]12CCCC[C@@H]1CCC(=O)C2. The van der Waals surface area contributed by atoms with Crippen LogP contribution in [0.1, 0.15) is 51.9 Å². The molecule has 0 unspecified atom stereocenters. The molecule has 0 aliphatic heterocycles. The molecule has 0 aromatic rings. The highest BCUT2D eigenvalue weighted by Crippen LogP contribution is 2.48. The van der Waals surface area contributed by atoms with Gasteiger partial charge in [-0.15, -0.1) is 0 Å². The maximum atomic E-state index is 11.3. The molecule has 12 heavy (non-hydrogen) atoms. The Morgan fingerprint density at radius 2 is 2.17 bits per heavy atom. The number of ketones is 1. The van der Waals surface area contributed by atoms with Crippen LogP contribution in [0.3, 0.4) is 0 Å². The fourth-order valence-corrected chi connectivity index (χ4v) is 3.07. The molecule has 2 aliphatic carbocycles. The molecule has 1 heteroatoms. The van der Waals surface area contributed by atoms with Gasteiger partial charge in [0.2, 0.25) is 0 Å². The van der Waals surface area contributed by atoms with Gasteiger partial charge in [-0.2, -0.15) is 0 Å². The van der Waals surface area contributed by atoms with E-state index in [-0.39, 0.29) is 0 Å². The Hall–Kier alpha value is -0.330. The van der Waals surface area contributed by atoms with Gasteiger partial charge in [-0.05, 0) is 30.6 Å². The summed E-state index contributed by atoms with van der Waals surface area (Å²) in [7, 11) is 0. The zero-order valence-corrected chi connectivity index (χ0v) is 7.94. The Balaban J connectivity index is 2.12. The van der Waals surface area contributed by atoms with Crippen LogP contribution in [-0.4, -0.2) is 5.78 Å². The summed E-state index contributed by atoms with van der Waals surface area (Å²) in [6, 6.07) is 0. The normalized spacial score (nSPS) is 42.4. The summed E-state index contributed by atoms with van der Waals surface area (Å²) < 4.78 is 0. The minimum Gasteiger partial charge on any atom is -0.300 e. The zero-order chi connectivity index (χ0) is 8.60. The highest BCUT2D eigenvalue weighted by molar-refractivity contribution is 5.80.